The van der Waals surface area contributed by atoms with Crippen LogP contribution < -0.4 is 9.64 Å². The topological polar surface area (TPSA) is 51.2 Å². The molecule has 1 aromatic rings. The van der Waals surface area contributed by atoms with Crippen LogP contribution in [0.5, 0.6) is 5.75 Å². The smallest absolute Gasteiger partial charge is 0.265 e. The van der Waals surface area contributed by atoms with Crippen LogP contribution >= 0.6 is 0 Å². The Morgan fingerprint density at radius 3 is 2.61 bits per heavy atom. The monoisotopic (exact) mass is 388 g/mol. The molecule has 28 heavy (non-hydrogen) atoms. The normalized spacial score (nSPS) is 23.6. The molecule has 0 radical (unpaired) electrons. The van der Waals surface area contributed by atoms with E-state index in [1.165, 1.54) is 38.5 Å². The Hall–Kier alpha value is -1.79. The van der Waals surface area contributed by atoms with E-state index in [0.717, 1.165) is 18.0 Å². The molecule has 3 aliphatic rings. The van der Waals surface area contributed by atoms with E-state index in [2.05, 4.69) is 11.0 Å². The number of para-hydroxylation sites is 2. The van der Waals surface area contributed by atoms with Gasteiger partial charge in [-0.1, -0.05) is 37.8 Å². The molecule has 2 heterocycles. The van der Waals surface area contributed by atoms with Gasteiger partial charge in [0, 0.05) is 19.6 Å². The highest BCUT2D eigenvalue weighted by atomic mass is 16.5. The molecule has 0 spiro atoms. The predicted molar refractivity (Wildman–Crippen MR) is 108 cm³/mol. The lowest BCUT2D eigenvalue weighted by Crippen LogP contribution is -2.53. The fraction of sp³-hybridized carbons (Fsp3) is 0.682. The highest BCUT2D eigenvalue weighted by Crippen LogP contribution is 2.33. The molecule has 4 rings (SSSR count). The van der Waals surface area contributed by atoms with Crippen LogP contribution in [0.4, 0.5) is 5.69 Å². The van der Waals surface area contributed by atoms with Crippen molar-refractivity contribution in [3.05, 3.63) is 24.3 Å². The number of morpholine rings is 1. The van der Waals surface area contributed by atoms with E-state index in [1.807, 2.05) is 23.1 Å². The lowest BCUT2D eigenvalue weighted by atomic mass is 10.1. The van der Waals surface area contributed by atoms with Gasteiger partial charge in [0.15, 0.2) is 6.10 Å². The third kappa shape index (κ3) is 4.78. The van der Waals surface area contributed by atoms with Crippen LogP contribution in [0.3, 0.4) is 0 Å². The number of ether oxygens (including phenoxy) is 3. The molecular weight excluding hydrogens is 356 g/mol. The minimum atomic E-state index is -0.467. The summed E-state index contributed by atoms with van der Waals surface area (Å²) in [6.45, 7) is 4.54. The van der Waals surface area contributed by atoms with Crippen molar-refractivity contribution in [2.75, 3.05) is 50.9 Å². The molecule has 1 atom stereocenters. The van der Waals surface area contributed by atoms with Crippen molar-refractivity contribution < 1.29 is 19.0 Å². The minimum Gasteiger partial charge on any atom is -0.477 e. The lowest BCUT2D eigenvalue weighted by Gasteiger charge is -2.38. The number of carbonyl (C=O) groups is 1. The van der Waals surface area contributed by atoms with E-state index in [4.69, 9.17) is 14.2 Å². The molecule has 6 nitrogen and oxygen atoms in total. The summed E-state index contributed by atoms with van der Waals surface area (Å²) in [6.07, 6.45) is 7.51. The van der Waals surface area contributed by atoms with Crippen molar-refractivity contribution in [3.63, 3.8) is 0 Å². The maximum Gasteiger partial charge on any atom is 0.265 e. The number of fused-ring (bicyclic) bond motifs is 1. The number of amides is 1. The van der Waals surface area contributed by atoms with Gasteiger partial charge in [-0.05, 0) is 25.0 Å². The second kappa shape index (κ2) is 9.61. The molecule has 0 bridgehead atoms. The average Bonchev–Trinajstić information content (AvgIpc) is 3.02. The summed E-state index contributed by atoms with van der Waals surface area (Å²) in [7, 11) is 0. The largest absolute Gasteiger partial charge is 0.477 e. The van der Waals surface area contributed by atoms with Crippen molar-refractivity contribution in [2.45, 2.75) is 50.7 Å². The van der Waals surface area contributed by atoms with Gasteiger partial charge in [0.2, 0.25) is 0 Å². The molecule has 154 valence electrons. The number of benzene rings is 1. The molecule has 1 saturated carbocycles. The first kappa shape index (κ1) is 19.5. The summed E-state index contributed by atoms with van der Waals surface area (Å²) in [5.41, 5.74) is 1.05. The first-order chi connectivity index (χ1) is 13.8. The maximum atomic E-state index is 13.0. The summed E-state index contributed by atoms with van der Waals surface area (Å²) in [6, 6.07) is 8.00. The third-order valence-electron chi connectivity index (χ3n) is 5.98. The zero-order chi connectivity index (χ0) is 19.2. The van der Waals surface area contributed by atoms with Gasteiger partial charge >= 0.3 is 0 Å². The Morgan fingerprint density at radius 1 is 1.07 bits per heavy atom. The Labute approximate surface area is 167 Å². The molecule has 1 saturated heterocycles. The fourth-order valence-electron chi connectivity index (χ4n) is 4.37. The minimum absolute atomic E-state index is 0.0625. The second-order valence-corrected chi connectivity index (χ2v) is 7.94. The number of rotatable bonds is 5. The van der Waals surface area contributed by atoms with E-state index in [0.29, 0.717) is 45.6 Å². The average molecular weight is 389 g/mol. The van der Waals surface area contributed by atoms with Crippen LogP contribution in [-0.4, -0.2) is 69.0 Å². The Balaban J connectivity index is 1.38. The molecular formula is C22H32N2O4. The molecule has 1 amide bonds. The number of hydrogen-bond donors (Lipinski definition) is 0. The fourth-order valence-corrected chi connectivity index (χ4v) is 4.37. The van der Waals surface area contributed by atoms with Crippen molar-refractivity contribution in [2.24, 2.45) is 0 Å². The third-order valence-corrected chi connectivity index (χ3v) is 5.98. The maximum absolute atomic E-state index is 13.0. The number of nitrogens with zero attached hydrogens (tertiary/aromatic N) is 2. The van der Waals surface area contributed by atoms with Crippen LogP contribution in [0.1, 0.15) is 38.5 Å². The van der Waals surface area contributed by atoms with Gasteiger partial charge in [-0.2, -0.15) is 0 Å². The van der Waals surface area contributed by atoms with Gasteiger partial charge in [0.05, 0.1) is 38.2 Å². The molecule has 2 fully saturated rings. The molecule has 0 N–H and O–H groups in total. The van der Waals surface area contributed by atoms with Gasteiger partial charge in [0.25, 0.3) is 5.91 Å². The van der Waals surface area contributed by atoms with Crippen LogP contribution in [-0.2, 0) is 14.3 Å². The highest BCUT2D eigenvalue weighted by molar-refractivity contribution is 5.83. The van der Waals surface area contributed by atoms with Crippen molar-refractivity contribution in [1.29, 1.82) is 0 Å². The van der Waals surface area contributed by atoms with E-state index in [-0.39, 0.29) is 5.91 Å². The van der Waals surface area contributed by atoms with Gasteiger partial charge < -0.3 is 24.0 Å². The molecule has 0 aromatic heterocycles. The Bertz CT molecular complexity index is 639. The predicted octanol–water partition coefficient (Wildman–Crippen LogP) is 2.85. The Kier molecular flexibility index (Phi) is 6.70. The van der Waals surface area contributed by atoms with Crippen molar-refractivity contribution >= 4 is 11.6 Å². The van der Waals surface area contributed by atoms with E-state index >= 15 is 0 Å². The second-order valence-electron chi connectivity index (χ2n) is 7.94. The molecule has 6 heteroatoms. The van der Waals surface area contributed by atoms with Gasteiger partial charge in [-0.15, -0.1) is 0 Å². The van der Waals surface area contributed by atoms with E-state index in [1.54, 1.807) is 0 Å². The highest BCUT2D eigenvalue weighted by Gasteiger charge is 2.34. The summed E-state index contributed by atoms with van der Waals surface area (Å²) in [4.78, 5) is 17.1. The molecule has 1 unspecified atom stereocenters. The van der Waals surface area contributed by atoms with Gasteiger partial charge in [0.1, 0.15) is 5.75 Å². The first-order valence-corrected chi connectivity index (χ1v) is 10.8. The lowest BCUT2D eigenvalue weighted by molar-refractivity contribution is -0.142. The summed E-state index contributed by atoms with van der Waals surface area (Å²) >= 11 is 0. The Morgan fingerprint density at radius 2 is 1.82 bits per heavy atom. The summed E-state index contributed by atoms with van der Waals surface area (Å²) in [5, 5.41) is 0. The number of hydrogen-bond acceptors (Lipinski definition) is 5. The SMILES string of the molecule is O=C(C1CN(CCOC2CCCCCC2)c2ccccc2O1)N1CCOCC1. The van der Waals surface area contributed by atoms with Crippen LogP contribution in [0.25, 0.3) is 0 Å². The van der Waals surface area contributed by atoms with Crippen LogP contribution in [0.2, 0.25) is 0 Å². The quantitative estimate of drug-likeness (QED) is 0.726. The first-order valence-electron chi connectivity index (χ1n) is 10.8. The van der Waals surface area contributed by atoms with Crippen molar-refractivity contribution in [1.82, 2.24) is 4.90 Å². The standard InChI is InChI=1S/C22H32N2O4/c25-22(23-11-14-26-15-12-23)21-17-24(19-9-5-6-10-20(19)28-21)13-16-27-18-7-3-1-2-4-8-18/h5-6,9-10,18,21H,1-4,7-8,11-17H2. The zero-order valence-corrected chi connectivity index (χ0v) is 16.7. The molecule has 2 aliphatic heterocycles. The summed E-state index contributed by atoms with van der Waals surface area (Å²) < 4.78 is 17.6. The van der Waals surface area contributed by atoms with E-state index < -0.39 is 6.10 Å². The zero-order valence-electron chi connectivity index (χ0n) is 16.7. The number of carbonyl (C=O) groups excluding carboxylic acids is 1. The summed E-state index contributed by atoms with van der Waals surface area (Å²) in [5.74, 6) is 0.849. The number of anilines is 1. The molecule has 1 aromatic carbocycles. The van der Waals surface area contributed by atoms with Crippen LogP contribution in [0.15, 0.2) is 24.3 Å². The van der Waals surface area contributed by atoms with Gasteiger partial charge in [-0.3, -0.25) is 4.79 Å². The van der Waals surface area contributed by atoms with Crippen molar-refractivity contribution in [3.8, 4) is 5.75 Å². The van der Waals surface area contributed by atoms with Gasteiger partial charge in [-0.25, -0.2) is 0 Å². The molecule has 1 aliphatic carbocycles. The van der Waals surface area contributed by atoms with E-state index in [9.17, 15) is 4.79 Å². The van der Waals surface area contributed by atoms with Crippen LogP contribution in [0, 0.1) is 0 Å².